The third kappa shape index (κ3) is 3.11. The van der Waals surface area contributed by atoms with Crippen LogP contribution in [0, 0.1) is 0 Å². The summed E-state index contributed by atoms with van der Waals surface area (Å²) in [6, 6.07) is 8.97. The van der Waals surface area contributed by atoms with Crippen LogP contribution in [0.2, 0.25) is 0 Å². The van der Waals surface area contributed by atoms with Crippen molar-refractivity contribution >= 4 is 34.6 Å². The molecule has 0 fully saturated rings. The molecule has 1 aromatic heterocycles. The molecule has 2 rings (SSSR count). The molecular formula is C13H9NO4S. The molecule has 96 valence electrons. The molecule has 0 radical (unpaired) electrons. The third-order valence-corrected chi connectivity index (χ3v) is 3.34. The number of carbonyl (C=O) groups is 2. The highest BCUT2D eigenvalue weighted by Gasteiger charge is 2.13. The number of benzene rings is 1. The van der Waals surface area contributed by atoms with E-state index in [1.807, 2.05) is 12.1 Å². The van der Waals surface area contributed by atoms with Gasteiger partial charge in [-0.1, -0.05) is 30.0 Å². The van der Waals surface area contributed by atoms with Gasteiger partial charge in [0.1, 0.15) is 4.91 Å². The van der Waals surface area contributed by atoms with E-state index in [9.17, 15) is 9.59 Å². The molecule has 0 saturated carbocycles. The summed E-state index contributed by atoms with van der Waals surface area (Å²) in [4.78, 5) is 26.1. The number of aromatic nitrogens is 1. The third-order valence-electron chi connectivity index (χ3n) is 2.28. The van der Waals surface area contributed by atoms with Crippen LogP contribution in [0.15, 0.2) is 52.4 Å². The van der Waals surface area contributed by atoms with Crippen LogP contribution in [0.1, 0.15) is 0 Å². The number of carboxylic acids is 2. The molecular weight excluding hydrogens is 266 g/mol. The standard InChI is InChI=1S/C13H9NO4S/c15-11(16)7-10(13(17)18)19-9-5-1-3-8-4-2-6-14-12(8)9/h1-7H,(H,15,16)(H,17,18)/b10-7+. The molecule has 5 nitrogen and oxygen atoms in total. The van der Waals surface area contributed by atoms with Crippen molar-refractivity contribution in [3.05, 3.63) is 47.5 Å². The summed E-state index contributed by atoms with van der Waals surface area (Å²) >= 11 is 0.873. The summed E-state index contributed by atoms with van der Waals surface area (Å²) in [5.74, 6) is -2.57. The number of para-hydroxylation sites is 1. The van der Waals surface area contributed by atoms with Gasteiger partial charge in [-0.3, -0.25) is 4.98 Å². The average Bonchev–Trinajstić information content (AvgIpc) is 2.37. The number of nitrogens with zero attached hydrogens (tertiary/aromatic N) is 1. The molecule has 0 amide bonds. The van der Waals surface area contributed by atoms with Crippen molar-refractivity contribution in [2.24, 2.45) is 0 Å². The van der Waals surface area contributed by atoms with Crippen molar-refractivity contribution in [2.45, 2.75) is 4.90 Å². The van der Waals surface area contributed by atoms with E-state index in [-0.39, 0.29) is 4.91 Å². The van der Waals surface area contributed by atoms with Gasteiger partial charge in [0, 0.05) is 22.6 Å². The van der Waals surface area contributed by atoms with Crippen LogP contribution >= 0.6 is 11.8 Å². The second-order valence-electron chi connectivity index (χ2n) is 3.59. The molecule has 19 heavy (non-hydrogen) atoms. The van der Waals surface area contributed by atoms with Crippen molar-refractivity contribution in [2.75, 3.05) is 0 Å². The van der Waals surface area contributed by atoms with Gasteiger partial charge in [0.15, 0.2) is 0 Å². The topological polar surface area (TPSA) is 87.5 Å². The number of thioether (sulfide) groups is 1. The Morgan fingerprint density at radius 2 is 1.89 bits per heavy atom. The Balaban J connectivity index is 2.45. The van der Waals surface area contributed by atoms with Crippen LogP contribution in [-0.4, -0.2) is 27.1 Å². The second kappa shape index (κ2) is 5.53. The Hall–Kier alpha value is -2.34. The van der Waals surface area contributed by atoms with E-state index < -0.39 is 11.9 Å². The zero-order valence-electron chi connectivity index (χ0n) is 9.61. The normalized spacial score (nSPS) is 11.5. The van der Waals surface area contributed by atoms with E-state index in [0.29, 0.717) is 16.5 Å². The van der Waals surface area contributed by atoms with Gasteiger partial charge >= 0.3 is 11.9 Å². The lowest BCUT2D eigenvalue weighted by molar-refractivity contribution is -0.134. The first kappa shape index (κ1) is 13.1. The van der Waals surface area contributed by atoms with Crippen LogP contribution < -0.4 is 0 Å². The van der Waals surface area contributed by atoms with Gasteiger partial charge in [-0.2, -0.15) is 0 Å². The lowest BCUT2D eigenvalue weighted by Crippen LogP contribution is -2.01. The minimum absolute atomic E-state index is 0.259. The fourth-order valence-corrected chi connectivity index (χ4v) is 2.42. The predicted octanol–water partition coefficient (Wildman–Crippen LogP) is 2.38. The molecule has 2 N–H and O–H groups in total. The maximum Gasteiger partial charge on any atom is 0.342 e. The van der Waals surface area contributed by atoms with Crippen molar-refractivity contribution in [3.63, 3.8) is 0 Å². The molecule has 0 spiro atoms. The minimum Gasteiger partial charge on any atom is -0.478 e. The Bertz CT molecular complexity index is 676. The molecule has 1 heterocycles. The fourth-order valence-electron chi connectivity index (χ4n) is 1.52. The van der Waals surface area contributed by atoms with Crippen molar-refractivity contribution < 1.29 is 19.8 Å². The Morgan fingerprint density at radius 3 is 2.58 bits per heavy atom. The summed E-state index contributed by atoms with van der Waals surface area (Å²) in [6.07, 6.45) is 2.28. The van der Waals surface area contributed by atoms with Gasteiger partial charge in [-0.05, 0) is 12.1 Å². The Labute approximate surface area is 112 Å². The molecule has 0 unspecified atom stereocenters. The molecule has 0 aliphatic rings. The first-order valence-electron chi connectivity index (χ1n) is 5.27. The van der Waals surface area contributed by atoms with Gasteiger partial charge in [0.25, 0.3) is 0 Å². The summed E-state index contributed by atoms with van der Waals surface area (Å²) in [6.45, 7) is 0. The predicted molar refractivity (Wildman–Crippen MR) is 71.0 cm³/mol. The van der Waals surface area contributed by atoms with Gasteiger partial charge in [-0.25, -0.2) is 9.59 Å². The number of hydrogen-bond donors (Lipinski definition) is 2. The smallest absolute Gasteiger partial charge is 0.342 e. The number of pyridine rings is 1. The second-order valence-corrected chi connectivity index (χ2v) is 4.67. The molecule has 0 aliphatic carbocycles. The number of hydrogen-bond acceptors (Lipinski definition) is 4. The Kier molecular flexibility index (Phi) is 3.82. The zero-order valence-corrected chi connectivity index (χ0v) is 10.4. The van der Waals surface area contributed by atoms with E-state index in [1.54, 1.807) is 24.4 Å². The van der Waals surface area contributed by atoms with Crippen molar-refractivity contribution in [1.82, 2.24) is 4.98 Å². The van der Waals surface area contributed by atoms with Crippen molar-refractivity contribution in [1.29, 1.82) is 0 Å². The number of fused-ring (bicyclic) bond motifs is 1. The highest BCUT2D eigenvalue weighted by molar-refractivity contribution is 8.04. The van der Waals surface area contributed by atoms with E-state index in [4.69, 9.17) is 10.2 Å². The molecule has 6 heteroatoms. The molecule has 0 saturated heterocycles. The van der Waals surface area contributed by atoms with Crippen molar-refractivity contribution in [3.8, 4) is 0 Å². The summed E-state index contributed by atoms with van der Waals surface area (Å²) < 4.78 is 0. The minimum atomic E-state index is -1.29. The zero-order chi connectivity index (χ0) is 13.8. The number of rotatable bonds is 4. The van der Waals surface area contributed by atoms with E-state index in [2.05, 4.69) is 4.98 Å². The number of carboxylic acid groups (broad SMARTS) is 2. The number of aliphatic carboxylic acids is 2. The summed E-state index contributed by atoms with van der Waals surface area (Å²) in [5, 5.41) is 18.5. The maximum absolute atomic E-state index is 11.0. The SMILES string of the molecule is O=C(O)/C=C(/Sc1cccc2cccnc12)C(=O)O. The average molecular weight is 275 g/mol. The monoisotopic (exact) mass is 275 g/mol. The van der Waals surface area contributed by atoms with Crippen LogP contribution in [0.25, 0.3) is 10.9 Å². The van der Waals surface area contributed by atoms with E-state index in [0.717, 1.165) is 17.1 Å². The summed E-state index contributed by atoms with van der Waals surface area (Å²) in [7, 11) is 0. The van der Waals surface area contributed by atoms with Gasteiger partial charge in [0.2, 0.25) is 0 Å². The first-order valence-corrected chi connectivity index (χ1v) is 6.09. The largest absolute Gasteiger partial charge is 0.478 e. The van der Waals surface area contributed by atoms with Gasteiger partial charge in [-0.15, -0.1) is 0 Å². The van der Waals surface area contributed by atoms with E-state index >= 15 is 0 Å². The fraction of sp³-hybridized carbons (Fsp3) is 0. The Morgan fingerprint density at radius 1 is 1.16 bits per heavy atom. The molecule has 0 atom stereocenters. The molecule has 2 aromatic rings. The lowest BCUT2D eigenvalue weighted by Gasteiger charge is -2.05. The highest BCUT2D eigenvalue weighted by Crippen LogP contribution is 2.31. The van der Waals surface area contributed by atoms with Crippen LogP contribution in [0.5, 0.6) is 0 Å². The molecule has 0 aliphatic heterocycles. The van der Waals surface area contributed by atoms with E-state index in [1.165, 1.54) is 0 Å². The van der Waals surface area contributed by atoms with Crippen LogP contribution in [-0.2, 0) is 9.59 Å². The van der Waals surface area contributed by atoms with Gasteiger partial charge in [0.05, 0.1) is 5.52 Å². The summed E-state index contributed by atoms with van der Waals surface area (Å²) in [5.41, 5.74) is 0.646. The first-order chi connectivity index (χ1) is 9.08. The highest BCUT2D eigenvalue weighted by atomic mass is 32.2. The van der Waals surface area contributed by atoms with Gasteiger partial charge < -0.3 is 10.2 Å². The van der Waals surface area contributed by atoms with Crippen LogP contribution in [0.4, 0.5) is 0 Å². The quantitative estimate of drug-likeness (QED) is 0.658. The molecule has 0 bridgehead atoms. The lowest BCUT2D eigenvalue weighted by atomic mass is 10.2. The maximum atomic E-state index is 11.0. The van der Waals surface area contributed by atoms with Crippen LogP contribution in [0.3, 0.4) is 0 Å². The molecule has 1 aromatic carbocycles.